The number of rotatable bonds is 6. The minimum absolute atomic E-state index is 0.0139. The van der Waals surface area contributed by atoms with Gasteiger partial charge < -0.3 is 4.74 Å². The number of benzene rings is 3. The van der Waals surface area contributed by atoms with Gasteiger partial charge in [0.25, 0.3) is 0 Å². The Bertz CT molecular complexity index is 1010. The van der Waals surface area contributed by atoms with Gasteiger partial charge in [-0.05, 0) is 84.2 Å². The van der Waals surface area contributed by atoms with E-state index in [9.17, 15) is 9.18 Å². The van der Waals surface area contributed by atoms with Crippen molar-refractivity contribution in [3.8, 4) is 16.9 Å². The molecule has 0 radical (unpaired) electrons. The van der Waals surface area contributed by atoms with Crippen LogP contribution < -0.4 is 4.74 Å². The molecule has 0 heterocycles. The first-order valence-corrected chi connectivity index (χ1v) is 9.68. The summed E-state index contributed by atoms with van der Waals surface area (Å²) in [5.74, 6) is 0.975. The predicted octanol–water partition coefficient (Wildman–Crippen LogP) is 5.73. The number of ether oxygens (including phenoxy) is 1. The molecular weight excluding hydrogens is 351 g/mol. The van der Waals surface area contributed by atoms with Gasteiger partial charge in [0, 0.05) is 0 Å². The van der Waals surface area contributed by atoms with Gasteiger partial charge in [-0.1, -0.05) is 42.5 Å². The highest BCUT2D eigenvalue weighted by atomic mass is 19.1. The monoisotopic (exact) mass is 374 g/mol. The van der Waals surface area contributed by atoms with E-state index in [4.69, 9.17) is 4.74 Å². The molecule has 1 atom stereocenters. The molecule has 142 valence electrons. The summed E-state index contributed by atoms with van der Waals surface area (Å²) in [5, 5.41) is 0. The number of Topliss-reactive ketones (excluding diaryl/α,β-unsaturated/α-hetero) is 1. The van der Waals surface area contributed by atoms with E-state index in [1.54, 1.807) is 12.1 Å². The molecular formula is C25H23FO2. The summed E-state index contributed by atoms with van der Waals surface area (Å²) in [4.78, 5) is 11.1. The summed E-state index contributed by atoms with van der Waals surface area (Å²) in [5.41, 5.74) is 5.91. The van der Waals surface area contributed by atoms with Gasteiger partial charge >= 0.3 is 0 Å². The maximum Gasteiger partial charge on any atom is 0.167 e. The summed E-state index contributed by atoms with van der Waals surface area (Å²) in [6, 6.07) is 21.2. The Hall–Kier alpha value is -2.94. The standard InChI is InChI=1S/C25H23FO2/c1-17(27)16-28-24-7-2-4-18(13-24)12-22-11-9-19-8-10-21(15-25(19)22)20-5-3-6-23(26)14-20/h2-8,10,13-15,22H,9,11-12,16H2,1H3. The second kappa shape index (κ2) is 7.97. The first kappa shape index (κ1) is 18.4. The number of carbonyl (C=O) groups excluding carboxylic acids is 1. The number of hydrogen-bond donors (Lipinski definition) is 0. The van der Waals surface area contributed by atoms with Gasteiger partial charge in [0.05, 0.1) is 0 Å². The summed E-state index contributed by atoms with van der Waals surface area (Å²) in [6.07, 6.45) is 3.11. The van der Waals surface area contributed by atoms with E-state index in [0.717, 1.165) is 36.1 Å². The Kier molecular flexibility index (Phi) is 5.25. The molecule has 0 spiro atoms. The first-order chi connectivity index (χ1) is 13.6. The van der Waals surface area contributed by atoms with Crippen molar-refractivity contribution < 1.29 is 13.9 Å². The van der Waals surface area contributed by atoms with Crippen LogP contribution in [0.25, 0.3) is 11.1 Å². The highest BCUT2D eigenvalue weighted by Gasteiger charge is 2.23. The predicted molar refractivity (Wildman–Crippen MR) is 109 cm³/mol. The molecule has 0 aromatic heterocycles. The minimum Gasteiger partial charge on any atom is -0.486 e. The third-order valence-corrected chi connectivity index (χ3v) is 5.33. The number of hydrogen-bond acceptors (Lipinski definition) is 2. The van der Waals surface area contributed by atoms with Gasteiger partial charge in [-0.2, -0.15) is 0 Å². The summed E-state index contributed by atoms with van der Waals surface area (Å²) >= 11 is 0. The van der Waals surface area contributed by atoms with Gasteiger partial charge in [-0.3, -0.25) is 4.79 Å². The normalized spacial score (nSPS) is 15.3. The van der Waals surface area contributed by atoms with Crippen molar-refractivity contribution in [2.24, 2.45) is 0 Å². The molecule has 4 rings (SSSR count). The van der Waals surface area contributed by atoms with Crippen LogP contribution in [0.3, 0.4) is 0 Å². The molecule has 1 aliphatic rings. The molecule has 3 aromatic carbocycles. The highest BCUT2D eigenvalue weighted by Crippen LogP contribution is 2.38. The van der Waals surface area contributed by atoms with Crippen molar-refractivity contribution in [1.82, 2.24) is 0 Å². The van der Waals surface area contributed by atoms with E-state index in [-0.39, 0.29) is 18.2 Å². The molecule has 3 heteroatoms. The Balaban J connectivity index is 1.55. The largest absolute Gasteiger partial charge is 0.486 e. The summed E-state index contributed by atoms with van der Waals surface area (Å²) in [7, 11) is 0. The number of carbonyl (C=O) groups is 1. The number of halogens is 1. The van der Waals surface area contributed by atoms with E-state index in [1.165, 1.54) is 29.7 Å². The van der Waals surface area contributed by atoms with E-state index in [0.29, 0.717) is 5.92 Å². The lowest BCUT2D eigenvalue weighted by Crippen LogP contribution is -2.07. The van der Waals surface area contributed by atoms with Gasteiger partial charge in [-0.25, -0.2) is 4.39 Å². The molecule has 0 aliphatic heterocycles. The van der Waals surface area contributed by atoms with E-state index in [2.05, 4.69) is 24.3 Å². The first-order valence-electron chi connectivity index (χ1n) is 9.68. The summed E-state index contributed by atoms with van der Waals surface area (Å²) < 4.78 is 19.2. The van der Waals surface area contributed by atoms with Crippen molar-refractivity contribution in [2.75, 3.05) is 6.61 Å². The van der Waals surface area contributed by atoms with E-state index >= 15 is 0 Å². The van der Waals surface area contributed by atoms with Crippen molar-refractivity contribution in [1.29, 1.82) is 0 Å². The average Bonchev–Trinajstić information content (AvgIpc) is 3.09. The zero-order chi connectivity index (χ0) is 19.5. The SMILES string of the molecule is CC(=O)COc1cccc(CC2CCc3ccc(-c4cccc(F)c4)cc32)c1. The van der Waals surface area contributed by atoms with E-state index in [1.807, 2.05) is 24.3 Å². The third kappa shape index (κ3) is 4.14. The van der Waals surface area contributed by atoms with Crippen LogP contribution in [0.15, 0.2) is 66.7 Å². The van der Waals surface area contributed by atoms with Crippen LogP contribution in [-0.4, -0.2) is 12.4 Å². The van der Waals surface area contributed by atoms with Gasteiger partial charge in [0.1, 0.15) is 18.2 Å². The summed E-state index contributed by atoms with van der Waals surface area (Å²) in [6.45, 7) is 1.63. The maximum absolute atomic E-state index is 13.6. The van der Waals surface area contributed by atoms with Crippen LogP contribution in [0.2, 0.25) is 0 Å². The minimum atomic E-state index is -0.211. The van der Waals surface area contributed by atoms with Crippen molar-refractivity contribution in [3.05, 3.63) is 89.2 Å². The highest BCUT2D eigenvalue weighted by molar-refractivity contribution is 5.77. The zero-order valence-electron chi connectivity index (χ0n) is 16.0. The Labute approximate surface area is 165 Å². The van der Waals surface area contributed by atoms with Crippen LogP contribution >= 0.6 is 0 Å². The maximum atomic E-state index is 13.6. The lowest BCUT2D eigenvalue weighted by atomic mass is 9.91. The molecule has 1 unspecified atom stereocenters. The second-order valence-corrected chi connectivity index (χ2v) is 7.50. The Morgan fingerprint density at radius 3 is 2.68 bits per heavy atom. The van der Waals surface area contributed by atoms with Crippen molar-refractivity contribution >= 4 is 5.78 Å². The molecule has 0 saturated carbocycles. The lowest BCUT2D eigenvalue weighted by molar-refractivity contribution is -0.118. The fourth-order valence-corrected chi connectivity index (χ4v) is 3.98. The molecule has 3 aromatic rings. The topological polar surface area (TPSA) is 26.3 Å². The third-order valence-electron chi connectivity index (χ3n) is 5.33. The number of ketones is 1. The Morgan fingerprint density at radius 1 is 1.04 bits per heavy atom. The molecule has 1 aliphatic carbocycles. The molecule has 0 amide bonds. The van der Waals surface area contributed by atoms with Gasteiger partial charge in [0.2, 0.25) is 0 Å². The smallest absolute Gasteiger partial charge is 0.167 e. The van der Waals surface area contributed by atoms with Crippen LogP contribution in [0.1, 0.15) is 36.0 Å². The average molecular weight is 374 g/mol. The van der Waals surface area contributed by atoms with Crippen molar-refractivity contribution in [3.63, 3.8) is 0 Å². The molecule has 0 N–H and O–H groups in total. The molecule has 2 nitrogen and oxygen atoms in total. The molecule has 0 fully saturated rings. The fraction of sp³-hybridized carbons (Fsp3) is 0.240. The number of aryl methyl sites for hydroxylation is 1. The number of fused-ring (bicyclic) bond motifs is 1. The van der Waals surface area contributed by atoms with Crippen LogP contribution in [-0.2, 0) is 17.6 Å². The lowest BCUT2D eigenvalue weighted by Gasteiger charge is -2.14. The molecule has 0 bridgehead atoms. The zero-order valence-corrected chi connectivity index (χ0v) is 16.0. The molecule has 0 saturated heterocycles. The van der Waals surface area contributed by atoms with Crippen LogP contribution in [0.5, 0.6) is 5.75 Å². The van der Waals surface area contributed by atoms with E-state index < -0.39 is 0 Å². The van der Waals surface area contributed by atoms with Crippen molar-refractivity contribution in [2.45, 2.75) is 32.1 Å². The van der Waals surface area contributed by atoms with Crippen LogP contribution in [0, 0.1) is 5.82 Å². The Morgan fingerprint density at radius 2 is 1.86 bits per heavy atom. The fourth-order valence-electron chi connectivity index (χ4n) is 3.98. The van der Waals surface area contributed by atoms with Gasteiger partial charge in [0.15, 0.2) is 5.78 Å². The molecule has 28 heavy (non-hydrogen) atoms. The van der Waals surface area contributed by atoms with Gasteiger partial charge in [-0.15, -0.1) is 0 Å². The quantitative estimate of drug-likeness (QED) is 0.550. The van der Waals surface area contributed by atoms with Crippen LogP contribution in [0.4, 0.5) is 4.39 Å². The second-order valence-electron chi connectivity index (χ2n) is 7.50.